The van der Waals surface area contributed by atoms with E-state index in [2.05, 4.69) is 11.8 Å². The third-order valence-electron chi connectivity index (χ3n) is 3.57. The number of ether oxygens (including phenoxy) is 1. The Kier molecular flexibility index (Phi) is 5.80. The second-order valence-corrected chi connectivity index (χ2v) is 5.77. The first-order chi connectivity index (χ1) is 9.72. The highest BCUT2D eigenvalue weighted by Gasteiger charge is 2.27. The molecule has 4 heteroatoms. The molecule has 1 aromatic rings. The zero-order valence-corrected chi connectivity index (χ0v) is 13.0. The Bertz CT molecular complexity index is 446. The van der Waals surface area contributed by atoms with Gasteiger partial charge in [-0.05, 0) is 44.4 Å². The highest BCUT2D eigenvalue weighted by Crippen LogP contribution is 2.27. The first-order valence-electron chi connectivity index (χ1n) is 7.48. The Balaban J connectivity index is 1.76. The predicted molar refractivity (Wildman–Crippen MR) is 87.3 cm³/mol. The standard InChI is InChI=1S/C16H24N2OS/c1-2-10-18(13-8-9-13)11-5-12-19-15-7-4-3-6-14(15)16(17)20/h3-4,6-7,13H,2,5,8-12H2,1H3,(H2,17,20). The van der Waals surface area contributed by atoms with Crippen molar-refractivity contribution in [2.75, 3.05) is 19.7 Å². The largest absolute Gasteiger partial charge is 0.493 e. The Labute approximate surface area is 127 Å². The van der Waals surface area contributed by atoms with E-state index in [9.17, 15) is 0 Å². The van der Waals surface area contributed by atoms with Crippen LogP contribution in [0.3, 0.4) is 0 Å². The van der Waals surface area contributed by atoms with Crippen molar-refractivity contribution in [3.63, 3.8) is 0 Å². The van der Waals surface area contributed by atoms with Crippen molar-refractivity contribution >= 4 is 17.2 Å². The van der Waals surface area contributed by atoms with Gasteiger partial charge in [-0.2, -0.15) is 0 Å². The summed E-state index contributed by atoms with van der Waals surface area (Å²) in [7, 11) is 0. The van der Waals surface area contributed by atoms with Crippen molar-refractivity contribution in [2.24, 2.45) is 5.73 Å². The van der Waals surface area contributed by atoms with E-state index in [1.165, 1.54) is 25.8 Å². The van der Waals surface area contributed by atoms with Crippen LogP contribution in [0.5, 0.6) is 5.75 Å². The topological polar surface area (TPSA) is 38.5 Å². The van der Waals surface area contributed by atoms with Crippen molar-refractivity contribution in [1.82, 2.24) is 4.90 Å². The van der Waals surface area contributed by atoms with E-state index in [1.54, 1.807) is 0 Å². The molecule has 0 saturated heterocycles. The summed E-state index contributed by atoms with van der Waals surface area (Å²) in [4.78, 5) is 2.98. The highest BCUT2D eigenvalue weighted by molar-refractivity contribution is 7.80. The first kappa shape index (κ1) is 15.3. The maximum Gasteiger partial charge on any atom is 0.129 e. The molecule has 20 heavy (non-hydrogen) atoms. The minimum Gasteiger partial charge on any atom is -0.493 e. The average molecular weight is 292 g/mol. The number of nitrogens with zero attached hydrogens (tertiary/aromatic N) is 1. The van der Waals surface area contributed by atoms with Gasteiger partial charge < -0.3 is 15.4 Å². The summed E-state index contributed by atoms with van der Waals surface area (Å²) in [6.45, 7) is 5.28. The molecule has 0 radical (unpaired) electrons. The lowest BCUT2D eigenvalue weighted by Gasteiger charge is -2.21. The summed E-state index contributed by atoms with van der Waals surface area (Å²) in [5, 5.41) is 0. The van der Waals surface area contributed by atoms with Crippen LogP contribution in [-0.4, -0.2) is 35.6 Å². The number of nitrogens with two attached hydrogens (primary N) is 1. The Morgan fingerprint density at radius 3 is 2.75 bits per heavy atom. The molecule has 0 spiro atoms. The molecule has 1 aliphatic rings. The second kappa shape index (κ2) is 7.60. The molecule has 0 amide bonds. The average Bonchev–Trinajstić information content (AvgIpc) is 3.27. The van der Waals surface area contributed by atoms with Crippen LogP contribution in [0.25, 0.3) is 0 Å². The molecule has 1 aromatic carbocycles. The SMILES string of the molecule is CCCN(CCCOc1ccccc1C(N)=S)C1CC1. The van der Waals surface area contributed by atoms with E-state index >= 15 is 0 Å². The molecule has 1 fully saturated rings. The lowest BCUT2D eigenvalue weighted by molar-refractivity contribution is 0.227. The van der Waals surface area contributed by atoms with Crippen LogP contribution in [0, 0.1) is 0 Å². The molecular formula is C16H24N2OS. The third kappa shape index (κ3) is 4.46. The Morgan fingerprint density at radius 2 is 2.10 bits per heavy atom. The molecular weight excluding hydrogens is 268 g/mol. The Hall–Kier alpha value is -1.13. The predicted octanol–water partition coefficient (Wildman–Crippen LogP) is 2.96. The van der Waals surface area contributed by atoms with Crippen molar-refractivity contribution in [2.45, 2.75) is 38.6 Å². The molecule has 3 nitrogen and oxygen atoms in total. The van der Waals surface area contributed by atoms with Gasteiger partial charge in [0.2, 0.25) is 0 Å². The quantitative estimate of drug-likeness (QED) is 0.561. The molecule has 0 unspecified atom stereocenters. The van der Waals surface area contributed by atoms with E-state index < -0.39 is 0 Å². The zero-order chi connectivity index (χ0) is 14.4. The van der Waals surface area contributed by atoms with Crippen LogP contribution in [0.15, 0.2) is 24.3 Å². The maximum absolute atomic E-state index is 5.83. The van der Waals surface area contributed by atoms with Crippen LogP contribution in [0.1, 0.15) is 38.2 Å². The molecule has 0 aromatic heterocycles. The van der Waals surface area contributed by atoms with E-state index in [-0.39, 0.29) is 0 Å². The normalized spacial score (nSPS) is 14.5. The lowest BCUT2D eigenvalue weighted by atomic mass is 10.2. The smallest absolute Gasteiger partial charge is 0.129 e. The number of para-hydroxylation sites is 1. The van der Waals surface area contributed by atoms with E-state index in [0.29, 0.717) is 11.6 Å². The molecule has 2 rings (SSSR count). The van der Waals surface area contributed by atoms with Gasteiger partial charge in [0.1, 0.15) is 10.7 Å². The van der Waals surface area contributed by atoms with Gasteiger partial charge in [0.05, 0.1) is 12.2 Å². The monoisotopic (exact) mass is 292 g/mol. The minimum absolute atomic E-state index is 0.395. The molecule has 0 heterocycles. The summed E-state index contributed by atoms with van der Waals surface area (Å²) in [5.74, 6) is 0.800. The van der Waals surface area contributed by atoms with Crippen LogP contribution >= 0.6 is 12.2 Å². The number of benzene rings is 1. The third-order valence-corrected chi connectivity index (χ3v) is 3.79. The van der Waals surface area contributed by atoms with Gasteiger partial charge in [-0.15, -0.1) is 0 Å². The number of hydrogen-bond donors (Lipinski definition) is 1. The minimum atomic E-state index is 0.395. The molecule has 1 aliphatic carbocycles. The van der Waals surface area contributed by atoms with Crippen molar-refractivity contribution in [1.29, 1.82) is 0 Å². The number of hydrogen-bond acceptors (Lipinski definition) is 3. The summed E-state index contributed by atoms with van der Waals surface area (Å²) in [6.07, 6.45) is 5.00. The van der Waals surface area contributed by atoms with Crippen LogP contribution in [0.4, 0.5) is 0 Å². The van der Waals surface area contributed by atoms with E-state index in [1.807, 2.05) is 24.3 Å². The summed E-state index contributed by atoms with van der Waals surface area (Å²) < 4.78 is 5.83. The molecule has 2 N–H and O–H groups in total. The molecule has 0 aliphatic heterocycles. The van der Waals surface area contributed by atoms with Crippen molar-refractivity contribution in [3.8, 4) is 5.75 Å². The van der Waals surface area contributed by atoms with E-state index in [0.717, 1.165) is 30.3 Å². The highest BCUT2D eigenvalue weighted by atomic mass is 32.1. The number of rotatable bonds is 9. The lowest BCUT2D eigenvalue weighted by Crippen LogP contribution is -2.29. The van der Waals surface area contributed by atoms with Gasteiger partial charge in [-0.1, -0.05) is 31.3 Å². The molecule has 110 valence electrons. The van der Waals surface area contributed by atoms with Gasteiger partial charge in [-0.3, -0.25) is 0 Å². The second-order valence-electron chi connectivity index (χ2n) is 5.33. The van der Waals surface area contributed by atoms with Crippen LogP contribution < -0.4 is 10.5 Å². The van der Waals surface area contributed by atoms with Crippen molar-refractivity contribution in [3.05, 3.63) is 29.8 Å². The van der Waals surface area contributed by atoms with Crippen LogP contribution in [-0.2, 0) is 0 Å². The fourth-order valence-electron chi connectivity index (χ4n) is 2.45. The fraction of sp³-hybridized carbons (Fsp3) is 0.562. The summed E-state index contributed by atoms with van der Waals surface area (Å²) >= 11 is 5.04. The van der Waals surface area contributed by atoms with Gasteiger partial charge in [0, 0.05) is 12.6 Å². The van der Waals surface area contributed by atoms with Gasteiger partial charge in [-0.25, -0.2) is 0 Å². The fourth-order valence-corrected chi connectivity index (χ4v) is 2.62. The zero-order valence-electron chi connectivity index (χ0n) is 12.2. The Morgan fingerprint density at radius 1 is 1.35 bits per heavy atom. The summed E-state index contributed by atoms with van der Waals surface area (Å²) in [5.41, 5.74) is 6.53. The van der Waals surface area contributed by atoms with Gasteiger partial charge >= 0.3 is 0 Å². The first-order valence-corrected chi connectivity index (χ1v) is 7.89. The van der Waals surface area contributed by atoms with E-state index in [4.69, 9.17) is 22.7 Å². The maximum atomic E-state index is 5.83. The molecule has 1 saturated carbocycles. The van der Waals surface area contributed by atoms with Gasteiger partial charge in [0.15, 0.2) is 0 Å². The van der Waals surface area contributed by atoms with Gasteiger partial charge in [0.25, 0.3) is 0 Å². The molecule has 0 bridgehead atoms. The summed E-state index contributed by atoms with van der Waals surface area (Å²) in [6, 6.07) is 8.55. The van der Waals surface area contributed by atoms with Crippen LogP contribution in [0.2, 0.25) is 0 Å². The molecule has 0 atom stereocenters. The van der Waals surface area contributed by atoms with Crippen molar-refractivity contribution < 1.29 is 4.74 Å². The number of thiocarbonyl (C=S) groups is 1.